The molecule has 14 heavy (non-hydrogen) atoms. The van der Waals surface area contributed by atoms with Gasteiger partial charge < -0.3 is 4.90 Å². The lowest BCUT2D eigenvalue weighted by molar-refractivity contribution is 0.337. The summed E-state index contributed by atoms with van der Waals surface area (Å²) in [5.74, 6) is 1.71. The molecule has 0 fully saturated rings. The van der Waals surface area contributed by atoms with Crippen molar-refractivity contribution in [3.05, 3.63) is 10.1 Å². The van der Waals surface area contributed by atoms with Gasteiger partial charge >= 0.3 is 0 Å². The van der Waals surface area contributed by atoms with Crippen LogP contribution in [0.3, 0.4) is 0 Å². The van der Waals surface area contributed by atoms with Gasteiger partial charge in [-0.1, -0.05) is 29.8 Å². The third kappa shape index (κ3) is 3.39. The number of halogens is 1. The Hall–Kier alpha value is 0.180. The van der Waals surface area contributed by atoms with Gasteiger partial charge in [-0.05, 0) is 55.2 Å². The quantitative estimate of drug-likeness (QED) is 0.748. The number of likely N-dealkylation sites (N-methyl/N-ethyl adjacent to an activating group) is 1. The van der Waals surface area contributed by atoms with E-state index in [4.69, 9.17) is 0 Å². The van der Waals surface area contributed by atoms with Crippen molar-refractivity contribution >= 4 is 15.9 Å². The van der Waals surface area contributed by atoms with Crippen LogP contribution in [-0.4, -0.2) is 25.5 Å². The van der Waals surface area contributed by atoms with Crippen molar-refractivity contribution in [2.24, 2.45) is 11.8 Å². The Kier molecular flexibility index (Phi) is 4.65. The largest absolute Gasteiger partial charge is 0.305 e. The van der Waals surface area contributed by atoms with Crippen LogP contribution in [0.4, 0.5) is 0 Å². The zero-order chi connectivity index (χ0) is 10.7. The fourth-order valence-corrected chi connectivity index (χ4v) is 2.83. The van der Waals surface area contributed by atoms with Crippen LogP contribution >= 0.6 is 15.9 Å². The fourth-order valence-electron chi connectivity index (χ4n) is 2.09. The van der Waals surface area contributed by atoms with E-state index in [1.165, 1.54) is 23.7 Å². The molecule has 1 aliphatic rings. The Morgan fingerprint density at radius 1 is 1.43 bits per heavy atom. The Bertz CT molecular complexity index is 218. The van der Waals surface area contributed by atoms with Crippen LogP contribution in [0.1, 0.15) is 33.1 Å². The van der Waals surface area contributed by atoms with E-state index in [1.807, 2.05) is 0 Å². The minimum Gasteiger partial charge on any atom is -0.305 e. The summed E-state index contributed by atoms with van der Waals surface area (Å²) in [5.41, 5.74) is 1.60. The molecule has 1 atom stereocenters. The Morgan fingerprint density at radius 2 is 2.07 bits per heavy atom. The summed E-state index contributed by atoms with van der Waals surface area (Å²) in [5, 5.41) is 0. The lowest BCUT2D eigenvalue weighted by Crippen LogP contribution is -2.21. The van der Waals surface area contributed by atoms with Gasteiger partial charge in [-0.15, -0.1) is 0 Å². The highest BCUT2D eigenvalue weighted by Crippen LogP contribution is 2.36. The van der Waals surface area contributed by atoms with Crippen molar-refractivity contribution in [1.29, 1.82) is 0 Å². The molecule has 0 spiro atoms. The van der Waals surface area contributed by atoms with E-state index in [0.717, 1.165) is 18.4 Å². The average Bonchev–Trinajstić information content (AvgIpc) is 2.07. The summed E-state index contributed by atoms with van der Waals surface area (Å²) < 4.78 is 1.47. The monoisotopic (exact) mass is 259 g/mol. The molecule has 0 saturated carbocycles. The van der Waals surface area contributed by atoms with Crippen LogP contribution in [-0.2, 0) is 0 Å². The standard InChI is InChI=1S/C12H22BrN/c1-9(2)10-5-6-11(8-14(3)4)12(13)7-10/h9-10H,5-8H2,1-4H3. The summed E-state index contributed by atoms with van der Waals surface area (Å²) in [6.07, 6.45) is 3.90. The van der Waals surface area contributed by atoms with Crippen LogP contribution in [0.5, 0.6) is 0 Å². The molecule has 1 rings (SSSR count). The maximum atomic E-state index is 3.74. The molecule has 0 aromatic carbocycles. The molecule has 0 aliphatic heterocycles. The zero-order valence-electron chi connectivity index (χ0n) is 9.81. The highest BCUT2D eigenvalue weighted by molar-refractivity contribution is 9.11. The first-order valence-electron chi connectivity index (χ1n) is 5.51. The SMILES string of the molecule is CC(C)C1CCC(CN(C)C)=C(Br)C1. The molecule has 0 amide bonds. The average molecular weight is 260 g/mol. The van der Waals surface area contributed by atoms with Gasteiger partial charge in [0, 0.05) is 6.54 Å². The van der Waals surface area contributed by atoms with Gasteiger partial charge in [0.2, 0.25) is 0 Å². The van der Waals surface area contributed by atoms with Crippen molar-refractivity contribution in [2.75, 3.05) is 20.6 Å². The number of hydrogen-bond donors (Lipinski definition) is 0. The van der Waals surface area contributed by atoms with Gasteiger partial charge in [-0.3, -0.25) is 0 Å². The minimum atomic E-state index is 0.823. The zero-order valence-corrected chi connectivity index (χ0v) is 11.4. The Morgan fingerprint density at radius 3 is 2.50 bits per heavy atom. The predicted octanol–water partition coefficient (Wildman–Crippen LogP) is 3.65. The van der Waals surface area contributed by atoms with Gasteiger partial charge in [0.25, 0.3) is 0 Å². The lowest BCUT2D eigenvalue weighted by atomic mass is 9.82. The van der Waals surface area contributed by atoms with Crippen molar-refractivity contribution in [1.82, 2.24) is 4.90 Å². The van der Waals surface area contributed by atoms with Crippen LogP contribution in [0.15, 0.2) is 10.1 Å². The molecule has 1 unspecified atom stereocenters. The second kappa shape index (κ2) is 5.32. The highest BCUT2D eigenvalue weighted by Gasteiger charge is 2.21. The van der Waals surface area contributed by atoms with E-state index in [2.05, 4.69) is 48.8 Å². The van der Waals surface area contributed by atoms with E-state index in [1.54, 1.807) is 5.57 Å². The molecular formula is C12H22BrN. The lowest BCUT2D eigenvalue weighted by Gasteiger charge is -2.28. The van der Waals surface area contributed by atoms with E-state index < -0.39 is 0 Å². The smallest absolute Gasteiger partial charge is 0.0197 e. The summed E-state index contributed by atoms with van der Waals surface area (Å²) in [7, 11) is 4.28. The third-order valence-corrected chi connectivity index (χ3v) is 3.98. The van der Waals surface area contributed by atoms with Gasteiger partial charge in [0.15, 0.2) is 0 Å². The summed E-state index contributed by atoms with van der Waals surface area (Å²) in [6.45, 7) is 5.79. The maximum Gasteiger partial charge on any atom is 0.0197 e. The molecule has 0 saturated heterocycles. The van der Waals surface area contributed by atoms with Gasteiger partial charge in [0.1, 0.15) is 0 Å². The van der Waals surface area contributed by atoms with Gasteiger partial charge in [-0.2, -0.15) is 0 Å². The molecule has 2 heteroatoms. The Balaban J connectivity index is 2.58. The molecule has 1 nitrogen and oxygen atoms in total. The second-order valence-electron chi connectivity index (χ2n) is 4.99. The van der Waals surface area contributed by atoms with E-state index in [9.17, 15) is 0 Å². The predicted molar refractivity (Wildman–Crippen MR) is 66.7 cm³/mol. The highest BCUT2D eigenvalue weighted by atomic mass is 79.9. The first kappa shape index (κ1) is 12.3. The topological polar surface area (TPSA) is 3.24 Å². The van der Waals surface area contributed by atoms with E-state index in [-0.39, 0.29) is 0 Å². The fraction of sp³-hybridized carbons (Fsp3) is 0.833. The summed E-state index contributed by atoms with van der Waals surface area (Å²) in [6, 6.07) is 0. The first-order valence-corrected chi connectivity index (χ1v) is 6.31. The van der Waals surface area contributed by atoms with Crippen LogP contribution in [0.2, 0.25) is 0 Å². The summed E-state index contributed by atoms with van der Waals surface area (Å²) >= 11 is 3.74. The second-order valence-corrected chi connectivity index (χ2v) is 5.95. The first-order chi connectivity index (χ1) is 6.50. The van der Waals surface area contributed by atoms with Crippen molar-refractivity contribution in [3.8, 4) is 0 Å². The van der Waals surface area contributed by atoms with Gasteiger partial charge in [0.05, 0.1) is 0 Å². The number of nitrogens with zero attached hydrogens (tertiary/aromatic N) is 1. The molecule has 0 N–H and O–H groups in total. The molecule has 0 aromatic heterocycles. The van der Waals surface area contributed by atoms with Crippen LogP contribution < -0.4 is 0 Å². The normalized spacial score (nSPS) is 23.8. The van der Waals surface area contributed by atoms with Crippen molar-refractivity contribution in [2.45, 2.75) is 33.1 Å². The molecular weight excluding hydrogens is 238 g/mol. The number of allylic oxidation sites excluding steroid dienone is 1. The Labute approximate surface area is 96.7 Å². The number of hydrogen-bond acceptors (Lipinski definition) is 1. The molecule has 0 heterocycles. The molecule has 1 aliphatic carbocycles. The van der Waals surface area contributed by atoms with Gasteiger partial charge in [-0.25, -0.2) is 0 Å². The number of rotatable bonds is 3. The van der Waals surface area contributed by atoms with Crippen molar-refractivity contribution < 1.29 is 0 Å². The summed E-state index contributed by atoms with van der Waals surface area (Å²) in [4.78, 5) is 2.26. The van der Waals surface area contributed by atoms with Crippen LogP contribution in [0.25, 0.3) is 0 Å². The molecule has 0 bridgehead atoms. The molecule has 0 aromatic rings. The van der Waals surface area contributed by atoms with E-state index >= 15 is 0 Å². The maximum absolute atomic E-state index is 3.74. The molecule has 82 valence electrons. The van der Waals surface area contributed by atoms with E-state index in [0.29, 0.717) is 0 Å². The van der Waals surface area contributed by atoms with Crippen LogP contribution in [0, 0.1) is 11.8 Å². The molecule has 0 radical (unpaired) electrons. The minimum absolute atomic E-state index is 0.823. The third-order valence-electron chi connectivity index (χ3n) is 3.09. The van der Waals surface area contributed by atoms with Crippen molar-refractivity contribution in [3.63, 3.8) is 0 Å².